The van der Waals surface area contributed by atoms with Gasteiger partial charge in [-0.1, -0.05) is 19.8 Å². The van der Waals surface area contributed by atoms with Crippen molar-refractivity contribution in [3.8, 4) is 0 Å². The van der Waals surface area contributed by atoms with Gasteiger partial charge in [-0.3, -0.25) is 0 Å². The fourth-order valence-corrected chi connectivity index (χ4v) is 1.69. The summed E-state index contributed by atoms with van der Waals surface area (Å²) in [7, 11) is 0. The van der Waals surface area contributed by atoms with Crippen LogP contribution in [0.2, 0.25) is 0 Å². The third kappa shape index (κ3) is 2.29. The summed E-state index contributed by atoms with van der Waals surface area (Å²) >= 11 is 0. The van der Waals surface area contributed by atoms with Gasteiger partial charge in [0.2, 0.25) is 0 Å². The Hall–Kier alpha value is -0.370. The molecule has 1 fully saturated rings. The van der Waals surface area contributed by atoms with E-state index in [-0.39, 0.29) is 0 Å². The molecule has 0 bridgehead atoms. The zero-order chi connectivity index (χ0) is 8.10. The van der Waals surface area contributed by atoms with Gasteiger partial charge in [0.25, 0.3) is 0 Å². The van der Waals surface area contributed by atoms with E-state index in [1.54, 1.807) is 0 Å². The second-order valence-corrected chi connectivity index (χ2v) is 3.29. The highest BCUT2D eigenvalue weighted by Gasteiger charge is 2.24. The van der Waals surface area contributed by atoms with Gasteiger partial charge in [0.1, 0.15) is 6.29 Å². The summed E-state index contributed by atoms with van der Waals surface area (Å²) in [6.45, 7) is 3.21. The number of carbonyl (C=O) groups excluding carboxylic acids is 1. The first-order valence-corrected chi connectivity index (χ1v) is 4.57. The maximum Gasteiger partial charge on any atom is 0.124 e. The van der Waals surface area contributed by atoms with Crippen LogP contribution < -0.4 is 5.32 Å². The molecule has 1 N–H and O–H groups in total. The largest absolute Gasteiger partial charge is 0.313 e. The molecule has 2 atom stereocenters. The van der Waals surface area contributed by atoms with Crippen molar-refractivity contribution in [1.29, 1.82) is 0 Å². The van der Waals surface area contributed by atoms with Crippen molar-refractivity contribution in [2.45, 2.75) is 38.6 Å². The Morgan fingerprint density at radius 3 is 3.09 bits per heavy atom. The summed E-state index contributed by atoms with van der Waals surface area (Å²) in [5.74, 6) is 0.293. The highest BCUT2D eigenvalue weighted by Crippen LogP contribution is 2.17. The maximum atomic E-state index is 10.5. The average molecular weight is 155 g/mol. The van der Waals surface area contributed by atoms with E-state index in [1.165, 1.54) is 19.3 Å². The van der Waals surface area contributed by atoms with E-state index in [2.05, 4.69) is 12.2 Å². The molecule has 0 aromatic carbocycles. The number of nitrogens with one attached hydrogen (secondary N) is 1. The van der Waals surface area contributed by atoms with Crippen LogP contribution in [0.3, 0.4) is 0 Å². The van der Waals surface area contributed by atoms with Gasteiger partial charge >= 0.3 is 0 Å². The highest BCUT2D eigenvalue weighted by molar-refractivity contribution is 5.55. The predicted octanol–water partition coefficient (Wildman–Crippen LogP) is 1.35. The Morgan fingerprint density at radius 1 is 1.64 bits per heavy atom. The fourth-order valence-electron chi connectivity index (χ4n) is 1.69. The molecule has 2 heteroatoms. The first kappa shape index (κ1) is 8.72. The quantitative estimate of drug-likeness (QED) is 0.621. The normalized spacial score (nSPS) is 30.6. The van der Waals surface area contributed by atoms with Gasteiger partial charge < -0.3 is 10.1 Å². The van der Waals surface area contributed by atoms with Crippen LogP contribution in [0.15, 0.2) is 0 Å². The molecule has 1 aliphatic rings. The van der Waals surface area contributed by atoms with Crippen molar-refractivity contribution >= 4 is 6.29 Å². The maximum absolute atomic E-state index is 10.5. The first-order chi connectivity index (χ1) is 5.38. The lowest BCUT2D eigenvalue weighted by atomic mass is 9.98. The lowest BCUT2D eigenvalue weighted by Gasteiger charge is -2.13. The predicted molar refractivity (Wildman–Crippen MR) is 45.5 cm³/mol. The molecule has 0 aliphatic carbocycles. The van der Waals surface area contributed by atoms with Crippen LogP contribution in [0, 0.1) is 5.92 Å². The molecular formula is C9H17NO. The molecule has 0 saturated carbocycles. The van der Waals surface area contributed by atoms with Crippen LogP contribution >= 0.6 is 0 Å². The molecule has 64 valence electrons. The van der Waals surface area contributed by atoms with Crippen molar-refractivity contribution < 1.29 is 4.79 Å². The SMILES string of the molecule is CCCCC1NCCC1C=O. The Bertz CT molecular complexity index is 125. The number of rotatable bonds is 4. The third-order valence-corrected chi connectivity index (χ3v) is 2.44. The zero-order valence-corrected chi connectivity index (χ0v) is 7.18. The van der Waals surface area contributed by atoms with Gasteiger partial charge in [0.15, 0.2) is 0 Å². The standard InChI is InChI=1S/C9H17NO/c1-2-3-4-9-8(7-11)5-6-10-9/h7-10H,2-6H2,1H3. The molecule has 0 aromatic heterocycles. The summed E-state index contributed by atoms with van der Waals surface area (Å²) in [4.78, 5) is 10.5. The molecular weight excluding hydrogens is 138 g/mol. The number of aldehydes is 1. The number of carbonyl (C=O) groups is 1. The van der Waals surface area contributed by atoms with E-state index in [4.69, 9.17) is 0 Å². The number of hydrogen-bond donors (Lipinski definition) is 1. The van der Waals surface area contributed by atoms with Crippen molar-refractivity contribution in [1.82, 2.24) is 5.32 Å². The van der Waals surface area contributed by atoms with Crippen molar-refractivity contribution in [3.05, 3.63) is 0 Å². The zero-order valence-electron chi connectivity index (χ0n) is 7.18. The van der Waals surface area contributed by atoms with E-state index >= 15 is 0 Å². The summed E-state index contributed by atoms with van der Waals surface area (Å²) in [6, 6.07) is 0.479. The Morgan fingerprint density at radius 2 is 2.45 bits per heavy atom. The Kier molecular flexibility index (Phi) is 3.57. The monoisotopic (exact) mass is 155 g/mol. The van der Waals surface area contributed by atoms with Crippen LogP contribution in [0.1, 0.15) is 32.6 Å². The Labute approximate surface area is 68.4 Å². The molecule has 1 saturated heterocycles. The van der Waals surface area contributed by atoms with Crippen molar-refractivity contribution in [2.24, 2.45) is 5.92 Å². The van der Waals surface area contributed by atoms with Crippen LogP contribution in [-0.4, -0.2) is 18.9 Å². The van der Waals surface area contributed by atoms with E-state index in [9.17, 15) is 4.79 Å². The fraction of sp³-hybridized carbons (Fsp3) is 0.889. The number of hydrogen-bond acceptors (Lipinski definition) is 2. The minimum atomic E-state index is 0.293. The van der Waals surface area contributed by atoms with Crippen molar-refractivity contribution in [3.63, 3.8) is 0 Å². The van der Waals surface area contributed by atoms with Gasteiger partial charge in [-0.15, -0.1) is 0 Å². The van der Waals surface area contributed by atoms with E-state index in [0.29, 0.717) is 12.0 Å². The second kappa shape index (κ2) is 4.50. The minimum absolute atomic E-state index is 0.293. The van der Waals surface area contributed by atoms with Gasteiger partial charge in [-0.25, -0.2) is 0 Å². The molecule has 0 aromatic rings. The van der Waals surface area contributed by atoms with Crippen LogP contribution in [0.25, 0.3) is 0 Å². The molecule has 11 heavy (non-hydrogen) atoms. The van der Waals surface area contributed by atoms with Crippen LogP contribution in [-0.2, 0) is 4.79 Å². The molecule has 0 amide bonds. The molecule has 2 unspecified atom stereocenters. The van der Waals surface area contributed by atoms with E-state index < -0.39 is 0 Å². The average Bonchev–Trinajstić information content (AvgIpc) is 2.47. The van der Waals surface area contributed by atoms with Gasteiger partial charge in [-0.2, -0.15) is 0 Å². The lowest BCUT2D eigenvalue weighted by molar-refractivity contribution is -0.111. The molecule has 0 radical (unpaired) electrons. The first-order valence-electron chi connectivity index (χ1n) is 4.57. The van der Waals surface area contributed by atoms with E-state index in [1.807, 2.05) is 0 Å². The highest BCUT2D eigenvalue weighted by atomic mass is 16.1. The third-order valence-electron chi connectivity index (χ3n) is 2.44. The van der Waals surface area contributed by atoms with Crippen molar-refractivity contribution in [2.75, 3.05) is 6.54 Å². The number of unbranched alkanes of at least 4 members (excludes halogenated alkanes) is 1. The second-order valence-electron chi connectivity index (χ2n) is 3.29. The molecule has 1 aliphatic heterocycles. The molecule has 1 heterocycles. The Balaban J connectivity index is 2.25. The van der Waals surface area contributed by atoms with Gasteiger partial charge in [0.05, 0.1) is 0 Å². The smallest absolute Gasteiger partial charge is 0.124 e. The minimum Gasteiger partial charge on any atom is -0.313 e. The molecule has 2 nitrogen and oxygen atoms in total. The molecule has 0 spiro atoms. The molecule has 1 rings (SSSR count). The summed E-state index contributed by atoms with van der Waals surface area (Å²) in [6.07, 6.45) is 5.78. The summed E-state index contributed by atoms with van der Waals surface area (Å²) in [5.41, 5.74) is 0. The summed E-state index contributed by atoms with van der Waals surface area (Å²) in [5, 5.41) is 3.36. The van der Waals surface area contributed by atoms with Gasteiger partial charge in [0, 0.05) is 12.0 Å². The summed E-state index contributed by atoms with van der Waals surface area (Å²) < 4.78 is 0. The van der Waals surface area contributed by atoms with E-state index in [0.717, 1.165) is 19.3 Å². The van der Waals surface area contributed by atoms with Crippen LogP contribution in [0.4, 0.5) is 0 Å². The lowest BCUT2D eigenvalue weighted by Crippen LogP contribution is -2.27. The van der Waals surface area contributed by atoms with Crippen LogP contribution in [0.5, 0.6) is 0 Å². The topological polar surface area (TPSA) is 29.1 Å². The van der Waals surface area contributed by atoms with Gasteiger partial charge in [-0.05, 0) is 19.4 Å².